The third-order valence-electron chi connectivity index (χ3n) is 4.73. The second kappa shape index (κ2) is 9.21. The monoisotopic (exact) mass is 475 g/mol. The van der Waals surface area contributed by atoms with Crippen LogP contribution in [0.4, 0.5) is 5.69 Å². The van der Waals surface area contributed by atoms with Gasteiger partial charge < -0.3 is 19.7 Å². The molecule has 0 radical (unpaired) electrons. The zero-order valence-electron chi connectivity index (χ0n) is 17.2. The van der Waals surface area contributed by atoms with Gasteiger partial charge in [-0.05, 0) is 54.6 Å². The van der Waals surface area contributed by atoms with Crippen molar-refractivity contribution in [1.29, 1.82) is 0 Å². The van der Waals surface area contributed by atoms with Crippen molar-refractivity contribution in [3.8, 4) is 5.75 Å². The second-order valence-electron chi connectivity index (χ2n) is 7.19. The highest BCUT2D eigenvalue weighted by Crippen LogP contribution is 2.42. The first-order valence-electron chi connectivity index (χ1n) is 9.86. The minimum absolute atomic E-state index is 0.0502. The number of carbonyl (C=O) groups excluding carboxylic acids is 2. The summed E-state index contributed by atoms with van der Waals surface area (Å²) in [6, 6.07) is 12.5. The van der Waals surface area contributed by atoms with Crippen LogP contribution in [0.3, 0.4) is 0 Å². The number of nitrogens with one attached hydrogen (secondary N) is 1. The number of hydrogen-bond acceptors (Lipinski definition) is 8. The van der Waals surface area contributed by atoms with Crippen molar-refractivity contribution < 1.29 is 27.5 Å². The van der Waals surface area contributed by atoms with Gasteiger partial charge in [0.05, 0.1) is 23.5 Å². The number of ether oxygens (including phenoxy) is 2. The van der Waals surface area contributed by atoms with Gasteiger partial charge in [-0.1, -0.05) is 12.1 Å². The van der Waals surface area contributed by atoms with Crippen molar-refractivity contribution in [2.24, 2.45) is 4.40 Å². The Balaban J connectivity index is 1.25. The molecular weight excluding hydrogens is 454 g/mol. The van der Waals surface area contributed by atoms with Crippen LogP contribution in [0, 0.1) is 6.92 Å². The van der Waals surface area contributed by atoms with E-state index in [9.17, 15) is 18.0 Å². The number of carbonyl (C=O) groups is 2. The molecule has 0 saturated carbocycles. The van der Waals surface area contributed by atoms with E-state index in [1.807, 2.05) is 36.1 Å². The second-order valence-corrected chi connectivity index (χ2v) is 9.95. The Morgan fingerprint density at radius 1 is 1.22 bits per heavy atom. The number of thioether (sulfide) groups is 1. The van der Waals surface area contributed by atoms with E-state index in [-0.39, 0.29) is 17.9 Å². The number of nitrogens with zero attached hydrogens (tertiary/aromatic N) is 2. The van der Waals surface area contributed by atoms with Gasteiger partial charge in [0.25, 0.3) is 15.9 Å². The topological polar surface area (TPSA) is 114 Å². The molecule has 0 aromatic heterocycles. The van der Waals surface area contributed by atoms with E-state index in [0.717, 1.165) is 17.0 Å². The summed E-state index contributed by atoms with van der Waals surface area (Å²) in [7, 11) is -3.45. The maximum absolute atomic E-state index is 12.3. The molecule has 2 heterocycles. The van der Waals surface area contributed by atoms with Crippen LogP contribution in [-0.2, 0) is 19.6 Å². The van der Waals surface area contributed by atoms with Crippen molar-refractivity contribution in [3.63, 3.8) is 0 Å². The summed E-state index contributed by atoms with van der Waals surface area (Å²) in [6.45, 7) is 2.44. The van der Waals surface area contributed by atoms with Gasteiger partial charge >= 0.3 is 5.97 Å². The highest BCUT2D eigenvalue weighted by atomic mass is 32.2. The number of rotatable bonds is 7. The smallest absolute Gasteiger partial charge is 0.338 e. The summed E-state index contributed by atoms with van der Waals surface area (Å²) >= 11 is 1.19. The fraction of sp³-hybridized carbons (Fsp3) is 0.286. The Hall–Kier alpha value is -3.05. The van der Waals surface area contributed by atoms with Crippen LogP contribution in [0.25, 0.3) is 0 Å². The predicted octanol–water partition coefficient (Wildman–Crippen LogP) is 1.96. The van der Waals surface area contributed by atoms with Crippen LogP contribution in [0.5, 0.6) is 5.75 Å². The minimum Gasteiger partial charge on any atom is -0.492 e. The van der Waals surface area contributed by atoms with Crippen molar-refractivity contribution >= 4 is 44.5 Å². The predicted molar refractivity (Wildman–Crippen MR) is 121 cm³/mol. The zero-order chi connectivity index (χ0) is 22.7. The fourth-order valence-corrected chi connectivity index (χ4v) is 5.48. The van der Waals surface area contributed by atoms with E-state index in [2.05, 4.69) is 9.71 Å². The van der Waals surface area contributed by atoms with Gasteiger partial charge in [0.15, 0.2) is 11.8 Å². The van der Waals surface area contributed by atoms with Gasteiger partial charge in [-0.25, -0.2) is 13.2 Å². The van der Waals surface area contributed by atoms with Crippen LogP contribution >= 0.6 is 11.8 Å². The molecule has 32 heavy (non-hydrogen) atoms. The first-order valence-corrected chi connectivity index (χ1v) is 12.3. The van der Waals surface area contributed by atoms with Crippen LogP contribution in [0.15, 0.2) is 51.8 Å². The zero-order valence-corrected chi connectivity index (χ0v) is 18.9. The number of esters is 1. The van der Waals surface area contributed by atoms with Crippen LogP contribution in [0.2, 0.25) is 0 Å². The lowest BCUT2D eigenvalue weighted by Gasteiger charge is -2.22. The average Bonchev–Trinajstić information content (AvgIpc) is 3.10. The Morgan fingerprint density at radius 2 is 2.06 bits per heavy atom. The van der Waals surface area contributed by atoms with E-state index in [4.69, 9.17) is 9.47 Å². The molecule has 2 aliphatic rings. The van der Waals surface area contributed by atoms with E-state index in [1.165, 1.54) is 11.8 Å². The normalized spacial score (nSPS) is 15.9. The first-order chi connectivity index (χ1) is 15.3. The summed E-state index contributed by atoms with van der Waals surface area (Å²) in [6.07, 6.45) is 0. The average molecular weight is 476 g/mol. The SMILES string of the molecule is Cc1cccc(OCCNC(=O)COC(=O)c2ccc3c(c2)SC2=NS(=O)(=O)CCN23)c1. The number of benzene rings is 2. The molecule has 0 bridgehead atoms. The molecule has 0 aliphatic carbocycles. The molecule has 4 rings (SSSR count). The molecule has 0 atom stereocenters. The molecule has 9 nitrogen and oxygen atoms in total. The highest BCUT2D eigenvalue weighted by Gasteiger charge is 2.33. The number of fused-ring (bicyclic) bond motifs is 3. The van der Waals surface area contributed by atoms with Crippen LogP contribution in [-0.4, -0.2) is 57.5 Å². The van der Waals surface area contributed by atoms with Gasteiger partial charge in [0.1, 0.15) is 12.4 Å². The van der Waals surface area contributed by atoms with Crippen molar-refractivity contribution in [3.05, 3.63) is 53.6 Å². The Labute approximate surface area is 189 Å². The largest absolute Gasteiger partial charge is 0.492 e. The lowest BCUT2D eigenvalue weighted by atomic mass is 10.2. The molecule has 2 aromatic carbocycles. The molecule has 0 fully saturated rings. The minimum atomic E-state index is -3.45. The van der Waals surface area contributed by atoms with Gasteiger partial charge in [-0.2, -0.15) is 0 Å². The number of amides is 1. The quantitative estimate of drug-likeness (QED) is 0.478. The molecule has 2 aromatic rings. The fourth-order valence-electron chi connectivity index (χ4n) is 3.19. The summed E-state index contributed by atoms with van der Waals surface area (Å²) in [4.78, 5) is 26.8. The van der Waals surface area contributed by atoms with E-state index < -0.39 is 28.5 Å². The van der Waals surface area contributed by atoms with E-state index in [1.54, 1.807) is 18.2 Å². The van der Waals surface area contributed by atoms with Crippen molar-refractivity contribution in [1.82, 2.24) is 5.32 Å². The number of aryl methyl sites for hydroxylation is 1. The standard InChI is InChI=1S/C21H21N3O6S2/c1-14-3-2-4-16(11-14)29-9-7-22-19(25)13-30-20(26)15-5-6-17-18(12-15)31-21-23-32(27,28)10-8-24(17)21/h2-6,11-12H,7-10,13H2,1H3,(H,22,25). The van der Waals surface area contributed by atoms with Crippen LogP contribution in [0.1, 0.15) is 15.9 Å². The summed E-state index contributed by atoms with van der Waals surface area (Å²) < 4.78 is 37.8. The molecular formula is C21H21N3O6S2. The Bertz CT molecular complexity index is 1200. The third-order valence-corrected chi connectivity index (χ3v) is 7.03. The summed E-state index contributed by atoms with van der Waals surface area (Å²) in [5, 5.41) is 3.01. The van der Waals surface area contributed by atoms with E-state index in [0.29, 0.717) is 23.2 Å². The van der Waals surface area contributed by atoms with Crippen molar-refractivity contribution in [2.75, 3.05) is 37.0 Å². The Kier molecular flexibility index (Phi) is 6.38. The summed E-state index contributed by atoms with van der Waals surface area (Å²) in [5.74, 6) is -0.400. The third kappa shape index (κ3) is 5.22. The highest BCUT2D eigenvalue weighted by molar-refractivity contribution is 8.15. The number of amidine groups is 1. The summed E-state index contributed by atoms with van der Waals surface area (Å²) in [5.41, 5.74) is 2.15. The molecule has 0 saturated heterocycles. The van der Waals surface area contributed by atoms with E-state index >= 15 is 0 Å². The lowest BCUT2D eigenvalue weighted by Crippen LogP contribution is -2.35. The van der Waals surface area contributed by atoms with Gasteiger partial charge in [0.2, 0.25) is 0 Å². The molecule has 0 spiro atoms. The van der Waals surface area contributed by atoms with Gasteiger partial charge in [-0.15, -0.1) is 4.40 Å². The number of sulfonamides is 1. The van der Waals surface area contributed by atoms with Gasteiger partial charge in [0, 0.05) is 11.4 Å². The molecule has 0 unspecified atom stereocenters. The maximum atomic E-state index is 12.3. The molecule has 2 aliphatic heterocycles. The molecule has 168 valence electrons. The molecule has 11 heteroatoms. The van der Waals surface area contributed by atoms with Gasteiger partial charge in [-0.3, -0.25) is 4.79 Å². The molecule has 1 N–H and O–H groups in total. The van der Waals surface area contributed by atoms with Crippen LogP contribution < -0.4 is 15.0 Å². The van der Waals surface area contributed by atoms with Crippen molar-refractivity contribution in [2.45, 2.75) is 11.8 Å². The Morgan fingerprint density at radius 3 is 2.88 bits per heavy atom. The number of hydrogen-bond donors (Lipinski definition) is 1. The lowest BCUT2D eigenvalue weighted by molar-refractivity contribution is -0.124. The first kappa shape index (κ1) is 22.2. The maximum Gasteiger partial charge on any atom is 0.338 e. The molecule has 1 amide bonds. The number of anilines is 1.